The molecule has 0 spiro atoms. The number of anilines is 1. The van der Waals surface area contributed by atoms with Crippen LogP contribution in [0.2, 0.25) is 0 Å². The van der Waals surface area contributed by atoms with Gasteiger partial charge in [-0.2, -0.15) is 5.10 Å². The van der Waals surface area contributed by atoms with Crippen molar-refractivity contribution in [2.75, 3.05) is 11.9 Å². The summed E-state index contributed by atoms with van der Waals surface area (Å²) in [6.45, 7) is 0.0396. The van der Waals surface area contributed by atoms with Gasteiger partial charge in [-0.3, -0.25) is 4.79 Å². The van der Waals surface area contributed by atoms with Crippen molar-refractivity contribution in [2.45, 2.75) is 19.3 Å². The maximum atomic E-state index is 11.9. The predicted molar refractivity (Wildman–Crippen MR) is 135 cm³/mol. The second kappa shape index (κ2) is 8.76. The van der Waals surface area contributed by atoms with Crippen LogP contribution in [0, 0.1) is 0 Å². The van der Waals surface area contributed by atoms with Crippen LogP contribution in [0.4, 0.5) is 11.4 Å². The van der Waals surface area contributed by atoms with Crippen molar-refractivity contribution >= 4 is 34.3 Å². The molecule has 1 aromatic heterocycles. The van der Waals surface area contributed by atoms with Crippen molar-refractivity contribution in [2.24, 2.45) is 10.1 Å². The second-order valence-corrected chi connectivity index (χ2v) is 9.10. The molecule has 6 nitrogen and oxygen atoms in total. The number of ether oxygens (including phenoxy) is 1. The summed E-state index contributed by atoms with van der Waals surface area (Å²) in [5.74, 6) is 0.522. The Morgan fingerprint density at radius 2 is 1.82 bits per heavy atom. The number of rotatable bonds is 3. The summed E-state index contributed by atoms with van der Waals surface area (Å²) in [5, 5.41) is 10.1. The quantitative estimate of drug-likeness (QED) is 0.441. The van der Waals surface area contributed by atoms with Gasteiger partial charge in [-0.25, -0.2) is 9.67 Å². The zero-order chi connectivity index (χ0) is 22.9. The lowest BCUT2D eigenvalue weighted by molar-refractivity contribution is -0.118. The van der Waals surface area contributed by atoms with E-state index in [-0.39, 0.29) is 12.5 Å². The topological polar surface area (TPSA) is 68.0 Å². The minimum absolute atomic E-state index is 0.0396. The summed E-state index contributed by atoms with van der Waals surface area (Å²) in [4.78, 5) is 17.5. The summed E-state index contributed by atoms with van der Waals surface area (Å²) in [6.07, 6.45) is 3.06. The van der Waals surface area contributed by atoms with E-state index in [9.17, 15) is 4.79 Å². The van der Waals surface area contributed by atoms with Crippen LogP contribution in [0.3, 0.4) is 0 Å². The number of aromatic nitrogens is 1. The molecule has 168 valence electrons. The Kier molecular flexibility index (Phi) is 5.31. The number of thiazole rings is 1. The number of carbonyl (C=O) groups is 1. The van der Waals surface area contributed by atoms with E-state index in [1.165, 1.54) is 11.1 Å². The first-order valence-electron chi connectivity index (χ1n) is 11.3. The fraction of sp³-hybridized carbons (Fsp3) is 0.148. The van der Waals surface area contributed by atoms with Gasteiger partial charge in [0.25, 0.3) is 5.91 Å². The molecule has 1 aliphatic heterocycles. The number of fused-ring (bicyclic) bond motifs is 2. The molecule has 0 bridgehead atoms. The first-order valence-corrected chi connectivity index (χ1v) is 12.2. The van der Waals surface area contributed by atoms with E-state index >= 15 is 0 Å². The highest BCUT2D eigenvalue weighted by Gasteiger charge is 2.19. The number of nitrogens with zero attached hydrogens (tertiary/aromatic N) is 3. The Balaban J connectivity index is 1.53. The van der Waals surface area contributed by atoms with Crippen molar-refractivity contribution in [3.8, 4) is 17.0 Å². The average Bonchev–Trinajstić information content (AvgIpc) is 3.26. The molecular formula is C27H22N4O2S. The number of hydrogen-bond donors (Lipinski definition) is 1. The molecule has 0 atom stereocenters. The van der Waals surface area contributed by atoms with Crippen LogP contribution in [0.5, 0.6) is 5.75 Å². The normalized spacial score (nSPS) is 16.5. The van der Waals surface area contributed by atoms with Crippen LogP contribution >= 0.6 is 11.3 Å². The van der Waals surface area contributed by atoms with Crippen LogP contribution in [0.1, 0.15) is 24.0 Å². The third-order valence-corrected chi connectivity index (χ3v) is 6.80. The summed E-state index contributed by atoms with van der Waals surface area (Å²) < 4.78 is 7.47. The fourth-order valence-corrected chi connectivity index (χ4v) is 5.20. The molecule has 1 amide bonds. The fourth-order valence-electron chi connectivity index (χ4n) is 4.35. The first kappa shape index (κ1) is 20.6. The van der Waals surface area contributed by atoms with Gasteiger partial charge in [0.15, 0.2) is 6.61 Å². The third kappa shape index (κ3) is 3.95. The maximum absolute atomic E-state index is 11.9. The smallest absolute Gasteiger partial charge is 0.262 e. The molecule has 3 aromatic carbocycles. The van der Waals surface area contributed by atoms with Gasteiger partial charge in [0, 0.05) is 16.5 Å². The highest BCUT2D eigenvalue weighted by atomic mass is 32.1. The number of carbonyl (C=O) groups excluding carboxylic acids is 1. The van der Waals surface area contributed by atoms with Gasteiger partial charge in [-0.15, -0.1) is 11.3 Å². The van der Waals surface area contributed by atoms with Crippen molar-refractivity contribution in [3.63, 3.8) is 0 Å². The van der Waals surface area contributed by atoms with E-state index in [1.54, 1.807) is 11.3 Å². The number of hydrogen-bond acceptors (Lipinski definition) is 5. The van der Waals surface area contributed by atoms with Crippen LogP contribution < -0.4 is 14.9 Å². The van der Waals surface area contributed by atoms with Crippen molar-refractivity contribution in [1.29, 1.82) is 0 Å². The molecule has 0 unspecified atom stereocenters. The lowest BCUT2D eigenvalue weighted by atomic mass is 9.90. The standard InChI is InChI=1S/C27H22N4O2S/c32-26-16-33-25-14-13-19(15-23(25)29-26)24-17-34-27(28-20-9-2-1-3-10-20)31(24)30-22-12-6-8-18-7-4-5-11-21(18)22/h1-5,7,9-11,13-15,17H,6,8,12,16H2,(H,29,32). The van der Waals surface area contributed by atoms with E-state index in [0.29, 0.717) is 11.4 Å². The molecule has 4 aromatic rings. The van der Waals surface area contributed by atoms with Crippen LogP contribution in [0.25, 0.3) is 11.3 Å². The van der Waals surface area contributed by atoms with Crippen molar-refractivity contribution < 1.29 is 9.53 Å². The third-order valence-electron chi connectivity index (χ3n) is 5.98. The molecule has 2 aliphatic rings. The van der Waals surface area contributed by atoms with Crippen molar-refractivity contribution in [3.05, 3.63) is 94.1 Å². The summed E-state index contributed by atoms with van der Waals surface area (Å²) in [5.41, 5.74) is 6.99. The molecule has 0 saturated heterocycles. The zero-order valence-electron chi connectivity index (χ0n) is 18.4. The highest BCUT2D eigenvalue weighted by Crippen LogP contribution is 2.33. The van der Waals surface area contributed by atoms with Gasteiger partial charge in [-0.05, 0) is 55.2 Å². The molecule has 1 N–H and O–H groups in total. The second-order valence-electron chi connectivity index (χ2n) is 8.27. The Bertz CT molecular complexity index is 1480. The van der Waals surface area contributed by atoms with Gasteiger partial charge in [-0.1, -0.05) is 42.5 Å². The molecule has 34 heavy (non-hydrogen) atoms. The maximum Gasteiger partial charge on any atom is 0.262 e. The van der Waals surface area contributed by atoms with Crippen molar-refractivity contribution in [1.82, 2.24) is 4.68 Å². The Hall–Kier alpha value is -3.97. The number of amides is 1. The Labute approximate surface area is 200 Å². The first-order chi connectivity index (χ1) is 16.7. The summed E-state index contributed by atoms with van der Waals surface area (Å²) in [7, 11) is 0. The molecule has 6 rings (SSSR count). The molecule has 1 aliphatic carbocycles. The molecule has 0 radical (unpaired) electrons. The van der Waals surface area contributed by atoms with Crippen LogP contribution in [-0.4, -0.2) is 22.9 Å². The SMILES string of the molecule is O=C1COc2ccc(-c3csc(=Nc4ccccc4)n3N=C3CCCc4ccccc43)cc2N1. The predicted octanol–water partition coefficient (Wildman–Crippen LogP) is 5.37. The number of aryl methyl sites for hydroxylation is 1. The van der Waals surface area contributed by atoms with Gasteiger partial charge in [0.05, 0.1) is 22.8 Å². The summed E-state index contributed by atoms with van der Waals surface area (Å²) >= 11 is 1.54. The minimum atomic E-state index is -0.151. The monoisotopic (exact) mass is 466 g/mol. The van der Waals surface area contributed by atoms with E-state index < -0.39 is 0 Å². The molecular weight excluding hydrogens is 444 g/mol. The molecule has 0 saturated carbocycles. The Morgan fingerprint density at radius 1 is 0.971 bits per heavy atom. The number of benzene rings is 3. The number of para-hydroxylation sites is 1. The molecule has 0 fully saturated rings. The van der Waals surface area contributed by atoms with E-state index in [1.807, 2.05) is 53.2 Å². The van der Waals surface area contributed by atoms with Crippen LogP contribution in [0.15, 0.2) is 88.3 Å². The van der Waals surface area contributed by atoms with Gasteiger partial charge >= 0.3 is 0 Å². The summed E-state index contributed by atoms with van der Waals surface area (Å²) in [6, 6.07) is 24.2. The van der Waals surface area contributed by atoms with Gasteiger partial charge in [0.2, 0.25) is 4.80 Å². The van der Waals surface area contributed by atoms with Crippen LogP contribution in [-0.2, 0) is 11.2 Å². The zero-order valence-corrected chi connectivity index (χ0v) is 19.2. The molecule has 2 heterocycles. The molecule has 7 heteroatoms. The van der Waals surface area contributed by atoms with E-state index in [4.69, 9.17) is 14.8 Å². The van der Waals surface area contributed by atoms with Gasteiger partial charge < -0.3 is 10.1 Å². The van der Waals surface area contributed by atoms with E-state index in [2.05, 4.69) is 35.0 Å². The average molecular weight is 467 g/mol. The lowest BCUT2D eigenvalue weighted by Gasteiger charge is -2.19. The number of nitrogens with one attached hydrogen (secondary N) is 1. The van der Waals surface area contributed by atoms with E-state index in [0.717, 1.165) is 46.7 Å². The van der Waals surface area contributed by atoms with Gasteiger partial charge in [0.1, 0.15) is 5.75 Å². The lowest BCUT2D eigenvalue weighted by Crippen LogP contribution is -2.25. The minimum Gasteiger partial charge on any atom is -0.482 e. The Morgan fingerprint density at radius 3 is 2.74 bits per heavy atom. The highest BCUT2D eigenvalue weighted by molar-refractivity contribution is 7.07. The largest absolute Gasteiger partial charge is 0.482 e.